The van der Waals surface area contributed by atoms with Crippen LogP contribution in [0.4, 0.5) is 5.82 Å². The fourth-order valence-electron chi connectivity index (χ4n) is 2.27. The molecule has 1 aliphatic rings. The van der Waals surface area contributed by atoms with Crippen molar-refractivity contribution in [2.75, 3.05) is 25.0 Å². The summed E-state index contributed by atoms with van der Waals surface area (Å²) in [5.41, 5.74) is 1.07. The first-order chi connectivity index (χ1) is 7.74. The summed E-state index contributed by atoms with van der Waals surface area (Å²) in [7, 11) is 0. The van der Waals surface area contributed by atoms with E-state index in [-0.39, 0.29) is 0 Å². The lowest BCUT2D eigenvalue weighted by Crippen LogP contribution is -2.33. The highest BCUT2D eigenvalue weighted by Crippen LogP contribution is 2.10. The fraction of sp³-hybridized carbons (Fsp3) is 0.615. The topological polar surface area (TPSA) is 28.2 Å². The number of rotatable bonds is 4. The van der Waals surface area contributed by atoms with E-state index < -0.39 is 0 Å². The van der Waals surface area contributed by atoms with Crippen LogP contribution in [0, 0.1) is 6.92 Å². The molecule has 3 nitrogen and oxygen atoms in total. The molecular weight excluding hydrogens is 198 g/mol. The lowest BCUT2D eigenvalue weighted by Gasteiger charge is -2.21. The number of anilines is 1. The van der Waals surface area contributed by atoms with Gasteiger partial charge in [0.05, 0.1) is 0 Å². The molecule has 1 unspecified atom stereocenters. The van der Waals surface area contributed by atoms with Gasteiger partial charge in [-0.25, -0.2) is 4.98 Å². The minimum Gasteiger partial charge on any atom is -0.366 e. The molecule has 88 valence electrons. The van der Waals surface area contributed by atoms with Crippen LogP contribution < -0.4 is 5.32 Å². The molecule has 0 bridgehead atoms. The fourth-order valence-corrected chi connectivity index (χ4v) is 2.27. The van der Waals surface area contributed by atoms with Gasteiger partial charge >= 0.3 is 0 Å². The Morgan fingerprint density at radius 1 is 1.38 bits per heavy atom. The largest absolute Gasteiger partial charge is 0.366 e. The summed E-state index contributed by atoms with van der Waals surface area (Å²) in [6.07, 6.45) is 2.71. The van der Waals surface area contributed by atoms with Gasteiger partial charge in [0.15, 0.2) is 0 Å². The van der Waals surface area contributed by atoms with Crippen molar-refractivity contribution in [2.24, 2.45) is 0 Å². The number of aromatic nitrogens is 1. The summed E-state index contributed by atoms with van der Waals surface area (Å²) in [6.45, 7) is 7.88. The Bertz CT molecular complexity index is 332. The lowest BCUT2D eigenvalue weighted by atomic mass is 10.3. The van der Waals surface area contributed by atoms with Crippen molar-refractivity contribution in [1.29, 1.82) is 0 Å². The summed E-state index contributed by atoms with van der Waals surface area (Å²) in [5.74, 6) is 0.992. The third kappa shape index (κ3) is 3.20. The Morgan fingerprint density at radius 3 is 2.81 bits per heavy atom. The molecule has 1 saturated heterocycles. The highest BCUT2D eigenvalue weighted by molar-refractivity contribution is 5.36. The third-order valence-electron chi connectivity index (χ3n) is 3.01. The number of likely N-dealkylation sites (tertiary alicyclic amines) is 1. The first-order valence-corrected chi connectivity index (χ1v) is 6.16. The second-order valence-electron chi connectivity index (χ2n) is 4.72. The SMILES string of the molecule is Cc1cccc(NC(C)CN2CCCC2)n1. The van der Waals surface area contributed by atoms with Gasteiger partial charge in [0.2, 0.25) is 0 Å². The normalized spacial score (nSPS) is 18.6. The number of aryl methyl sites for hydroxylation is 1. The van der Waals surface area contributed by atoms with Crippen LogP contribution in [0.25, 0.3) is 0 Å². The second-order valence-corrected chi connectivity index (χ2v) is 4.72. The lowest BCUT2D eigenvalue weighted by molar-refractivity contribution is 0.327. The van der Waals surface area contributed by atoms with E-state index in [1.54, 1.807) is 0 Å². The molecule has 1 atom stereocenters. The molecule has 1 aromatic rings. The van der Waals surface area contributed by atoms with Gasteiger partial charge in [0.1, 0.15) is 5.82 Å². The van der Waals surface area contributed by atoms with Crippen LogP contribution in [0.3, 0.4) is 0 Å². The molecule has 0 aromatic carbocycles. The van der Waals surface area contributed by atoms with Crippen molar-refractivity contribution in [3.63, 3.8) is 0 Å². The molecule has 0 saturated carbocycles. The van der Waals surface area contributed by atoms with E-state index in [0.717, 1.165) is 18.1 Å². The minimum atomic E-state index is 0.465. The van der Waals surface area contributed by atoms with Crippen LogP contribution in [-0.2, 0) is 0 Å². The zero-order valence-corrected chi connectivity index (χ0v) is 10.2. The van der Waals surface area contributed by atoms with E-state index in [2.05, 4.69) is 22.1 Å². The number of hydrogen-bond acceptors (Lipinski definition) is 3. The molecule has 0 radical (unpaired) electrons. The van der Waals surface area contributed by atoms with E-state index >= 15 is 0 Å². The zero-order valence-electron chi connectivity index (χ0n) is 10.2. The number of nitrogens with one attached hydrogen (secondary N) is 1. The Kier molecular flexibility index (Phi) is 3.78. The number of nitrogens with zero attached hydrogens (tertiary/aromatic N) is 2. The van der Waals surface area contributed by atoms with E-state index in [1.807, 2.05) is 25.1 Å². The predicted molar refractivity (Wildman–Crippen MR) is 67.7 cm³/mol. The summed E-state index contributed by atoms with van der Waals surface area (Å²) >= 11 is 0. The van der Waals surface area contributed by atoms with Gasteiger partial charge < -0.3 is 10.2 Å². The van der Waals surface area contributed by atoms with Crippen molar-refractivity contribution >= 4 is 5.82 Å². The molecule has 0 spiro atoms. The van der Waals surface area contributed by atoms with Gasteiger partial charge in [-0.3, -0.25) is 0 Å². The Labute approximate surface area is 97.9 Å². The summed E-state index contributed by atoms with van der Waals surface area (Å²) in [5, 5.41) is 3.46. The average molecular weight is 219 g/mol. The van der Waals surface area contributed by atoms with Gasteiger partial charge in [-0.2, -0.15) is 0 Å². The molecular formula is C13H21N3. The second kappa shape index (κ2) is 5.30. The highest BCUT2D eigenvalue weighted by Gasteiger charge is 2.14. The Hall–Kier alpha value is -1.09. The van der Waals surface area contributed by atoms with Gasteiger partial charge in [-0.05, 0) is 51.9 Å². The molecule has 1 aliphatic heterocycles. The molecule has 2 rings (SSSR count). The van der Waals surface area contributed by atoms with Gasteiger partial charge in [0, 0.05) is 18.3 Å². The first-order valence-electron chi connectivity index (χ1n) is 6.16. The molecule has 2 heterocycles. The average Bonchev–Trinajstić information content (AvgIpc) is 2.70. The third-order valence-corrected chi connectivity index (χ3v) is 3.01. The standard InChI is InChI=1S/C13H21N3/c1-11-6-5-7-13(14-11)15-12(2)10-16-8-3-4-9-16/h5-7,12H,3-4,8-10H2,1-2H3,(H,14,15). The van der Waals surface area contributed by atoms with Gasteiger partial charge in [-0.1, -0.05) is 6.07 Å². The van der Waals surface area contributed by atoms with Crippen LogP contribution >= 0.6 is 0 Å². The minimum absolute atomic E-state index is 0.465. The molecule has 16 heavy (non-hydrogen) atoms. The maximum absolute atomic E-state index is 4.46. The Balaban J connectivity index is 1.84. The smallest absolute Gasteiger partial charge is 0.126 e. The van der Waals surface area contributed by atoms with E-state index in [9.17, 15) is 0 Å². The quantitative estimate of drug-likeness (QED) is 0.842. The van der Waals surface area contributed by atoms with Crippen LogP contribution in [-0.4, -0.2) is 35.6 Å². The molecule has 1 aromatic heterocycles. The number of hydrogen-bond donors (Lipinski definition) is 1. The maximum Gasteiger partial charge on any atom is 0.126 e. The van der Waals surface area contributed by atoms with Crippen LogP contribution in [0.1, 0.15) is 25.5 Å². The predicted octanol–water partition coefficient (Wildman–Crippen LogP) is 2.29. The number of pyridine rings is 1. The van der Waals surface area contributed by atoms with E-state index in [4.69, 9.17) is 0 Å². The monoisotopic (exact) mass is 219 g/mol. The van der Waals surface area contributed by atoms with Crippen molar-refractivity contribution in [1.82, 2.24) is 9.88 Å². The van der Waals surface area contributed by atoms with Gasteiger partial charge in [-0.15, -0.1) is 0 Å². The van der Waals surface area contributed by atoms with E-state index in [1.165, 1.54) is 25.9 Å². The van der Waals surface area contributed by atoms with Crippen molar-refractivity contribution < 1.29 is 0 Å². The Morgan fingerprint density at radius 2 is 2.12 bits per heavy atom. The zero-order chi connectivity index (χ0) is 11.4. The molecule has 1 fully saturated rings. The first kappa shape index (κ1) is 11.4. The maximum atomic E-state index is 4.46. The molecule has 0 aliphatic carbocycles. The molecule has 3 heteroatoms. The van der Waals surface area contributed by atoms with Crippen LogP contribution in [0.5, 0.6) is 0 Å². The summed E-state index contributed by atoms with van der Waals surface area (Å²) in [4.78, 5) is 6.98. The van der Waals surface area contributed by atoms with Crippen molar-refractivity contribution in [3.8, 4) is 0 Å². The van der Waals surface area contributed by atoms with Crippen molar-refractivity contribution in [3.05, 3.63) is 23.9 Å². The van der Waals surface area contributed by atoms with Crippen molar-refractivity contribution in [2.45, 2.75) is 32.7 Å². The summed E-state index contributed by atoms with van der Waals surface area (Å²) < 4.78 is 0. The van der Waals surface area contributed by atoms with E-state index in [0.29, 0.717) is 6.04 Å². The summed E-state index contributed by atoms with van der Waals surface area (Å²) in [6, 6.07) is 6.57. The van der Waals surface area contributed by atoms with Crippen LogP contribution in [0.2, 0.25) is 0 Å². The van der Waals surface area contributed by atoms with Crippen LogP contribution in [0.15, 0.2) is 18.2 Å². The molecule has 1 N–H and O–H groups in total. The highest BCUT2D eigenvalue weighted by atomic mass is 15.2. The molecule has 0 amide bonds. The van der Waals surface area contributed by atoms with Gasteiger partial charge in [0.25, 0.3) is 0 Å².